The van der Waals surface area contributed by atoms with E-state index >= 15 is 0 Å². The summed E-state index contributed by atoms with van der Waals surface area (Å²) >= 11 is 5.95. The lowest BCUT2D eigenvalue weighted by Crippen LogP contribution is -2.38. The molecule has 142 valence electrons. The Hall–Kier alpha value is -2.92. The standard InChI is InChI=1S/C18H14ClF3N2O3/c1-17(10-23,11-26-15-5-3-2-4-14(15)19)27-16(25)24-13-8-6-12(7-9-13)18(20,21)22/h2-9H,11H2,1H3,(H,24,25). The number of alkyl halides is 3. The van der Waals surface area contributed by atoms with Gasteiger partial charge in [-0.2, -0.15) is 18.4 Å². The van der Waals surface area contributed by atoms with Gasteiger partial charge in [0.1, 0.15) is 18.4 Å². The zero-order valence-electron chi connectivity index (χ0n) is 14.0. The molecule has 0 aromatic heterocycles. The van der Waals surface area contributed by atoms with Crippen LogP contribution in [0, 0.1) is 11.3 Å². The molecule has 5 nitrogen and oxygen atoms in total. The third kappa shape index (κ3) is 5.79. The fraction of sp³-hybridized carbons (Fsp3) is 0.222. The second-order valence-corrected chi connectivity index (χ2v) is 6.06. The van der Waals surface area contributed by atoms with E-state index < -0.39 is 23.4 Å². The van der Waals surface area contributed by atoms with Gasteiger partial charge in [0.2, 0.25) is 5.60 Å². The van der Waals surface area contributed by atoms with Crippen molar-refractivity contribution in [1.82, 2.24) is 0 Å². The van der Waals surface area contributed by atoms with Crippen molar-refractivity contribution in [2.45, 2.75) is 18.7 Å². The van der Waals surface area contributed by atoms with Crippen molar-refractivity contribution in [1.29, 1.82) is 5.26 Å². The molecule has 27 heavy (non-hydrogen) atoms. The van der Waals surface area contributed by atoms with Gasteiger partial charge < -0.3 is 9.47 Å². The van der Waals surface area contributed by atoms with Crippen molar-refractivity contribution < 1.29 is 27.4 Å². The van der Waals surface area contributed by atoms with Crippen LogP contribution in [0.5, 0.6) is 5.75 Å². The summed E-state index contributed by atoms with van der Waals surface area (Å²) in [7, 11) is 0. The largest absolute Gasteiger partial charge is 0.487 e. The topological polar surface area (TPSA) is 71.3 Å². The summed E-state index contributed by atoms with van der Waals surface area (Å²) in [5.41, 5.74) is -2.41. The number of benzene rings is 2. The van der Waals surface area contributed by atoms with Crippen molar-refractivity contribution in [3.63, 3.8) is 0 Å². The molecule has 0 bridgehead atoms. The number of carbonyl (C=O) groups is 1. The number of rotatable bonds is 5. The van der Waals surface area contributed by atoms with E-state index in [0.29, 0.717) is 10.8 Å². The van der Waals surface area contributed by atoms with Gasteiger partial charge >= 0.3 is 12.3 Å². The van der Waals surface area contributed by atoms with Crippen molar-refractivity contribution in [3.05, 3.63) is 59.1 Å². The van der Waals surface area contributed by atoms with Crippen LogP contribution in [-0.2, 0) is 10.9 Å². The first kappa shape index (κ1) is 20.4. The summed E-state index contributed by atoms with van der Waals surface area (Å²) in [5, 5.41) is 11.9. The van der Waals surface area contributed by atoms with Crippen molar-refractivity contribution in [2.75, 3.05) is 11.9 Å². The smallest absolute Gasteiger partial charge is 0.416 e. The molecular weight excluding hydrogens is 385 g/mol. The van der Waals surface area contributed by atoms with Crippen LogP contribution in [0.2, 0.25) is 5.02 Å². The van der Waals surface area contributed by atoms with Gasteiger partial charge in [-0.15, -0.1) is 0 Å². The number of nitrogens with zero attached hydrogens (tertiary/aromatic N) is 1. The molecule has 0 saturated heterocycles. The van der Waals surface area contributed by atoms with E-state index in [0.717, 1.165) is 24.3 Å². The average Bonchev–Trinajstić information content (AvgIpc) is 2.60. The van der Waals surface area contributed by atoms with Crippen LogP contribution in [0.3, 0.4) is 0 Å². The van der Waals surface area contributed by atoms with Crippen molar-refractivity contribution in [3.8, 4) is 11.8 Å². The number of hydrogen-bond acceptors (Lipinski definition) is 4. The first-order valence-electron chi connectivity index (χ1n) is 7.59. The summed E-state index contributed by atoms with van der Waals surface area (Å²) in [6.45, 7) is 1.03. The summed E-state index contributed by atoms with van der Waals surface area (Å²) < 4.78 is 48.1. The molecular formula is C18H14ClF3N2O3. The molecule has 1 atom stereocenters. The number of carbonyl (C=O) groups excluding carboxylic acids is 1. The number of anilines is 1. The molecule has 1 N–H and O–H groups in total. The van der Waals surface area contributed by atoms with Crippen LogP contribution in [-0.4, -0.2) is 18.3 Å². The fourth-order valence-electron chi connectivity index (χ4n) is 1.95. The molecule has 9 heteroatoms. The van der Waals surface area contributed by atoms with Crippen molar-refractivity contribution >= 4 is 23.4 Å². The van der Waals surface area contributed by atoms with Crippen LogP contribution in [0.25, 0.3) is 0 Å². The van der Waals surface area contributed by atoms with Gasteiger partial charge in [-0.25, -0.2) is 4.79 Å². The van der Waals surface area contributed by atoms with E-state index in [1.165, 1.54) is 6.92 Å². The Labute approximate surface area is 158 Å². The second-order valence-electron chi connectivity index (χ2n) is 5.65. The zero-order valence-corrected chi connectivity index (χ0v) is 14.8. The molecule has 1 unspecified atom stereocenters. The molecule has 2 aromatic rings. The molecule has 0 aliphatic carbocycles. The Kier molecular flexibility index (Phi) is 6.18. The van der Waals surface area contributed by atoms with E-state index in [-0.39, 0.29) is 12.3 Å². The van der Waals surface area contributed by atoms with Gasteiger partial charge in [0, 0.05) is 5.69 Å². The summed E-state index contributed by atoms with van der Waals surface area (Å²) in [6, 6.07) is 12.2. The van der Waals surface area contributed by atoms with Crippen LogP contribution in [0.15, 0.2) is 48.5 Å². The van der Waals surface area contributed by atoms with Crippen LogP contribution >= 0.6 is 11.6 Å². The summed E-state index contributed by atoms with van der Waals surface area (Å²) in [6.07, 6.45) is -5.49. The Morgan fingerprint density at radius 2 is 1.81 bits per heavy atom. The average molecular weight is 399 g/mol. The molecule has 0 aliphatic rings. The van der Waals surface area contributed by atoms with E-state index in [9.17, 15) is 23.2 Å². The number of amides is 1. The first-order valence-corrected chi connectivity index (χ1v) is 7.96. The van der Waals surface area contributed by atoms with Gasteiger partial charge in [-0.05, 0) is 43.3 Å². The van der Waals surface area contributed by atoms with Crippen LogP contribution in [0.1, 0.15) is 12.5 Å². The second kappa shape index (κ2) is 8.18. The Balaban J connectivity index is 1.97. The number of nitrogens with one attached hydrogen (secondary N) is 1. The SMILES string of the molecule is CC(C#N)(COc1ccccc1Cl)OC(=O)Nc1ccc(C(F)(F)F)cc1. The minimum absolute atomic E-state index is 0.0836. The quantitative estimate of drug-likeness (QED) is 0.744. The fourth-order valence-corrected chi connectivity index (χ4v) is 2.14. The molecule has 0 heterocycles. The lowest BCUT2D eigenvalue weighted by molar-refractivity contribution is -0.137. The minimum Gasteiger partial charge on any atom is -0.487 e. The Bertz CT molecular complexity index is 850. The maximum Gasteiger partial charge on any atom is 0.416 e. The predicted octanol–water partition coefficient (Wildman–Crippen LogP) is 5.27. The zero-order chi connectivity index (χ0) is 20.1. The van der Waals surface area contributed by atoms with Gasteiger partial charge in [0.25, 0.3) is 0 Å². The van der Waals surface area contributed by atoms with E-state index in [4.69, 9.17) is 21.1 Å². The first-order chi connectivity index (χ1) is 12.6. The molecule has 2 rings (SSSR count). The van der Waals surface area contributed by atoms with E-state index in [2.05, 4.69) is 5.32 Å². The molecule has 0 aliphatic heterocycles. The molecule has 0 saturated carbocycles. The number of hydrogen-bond donors (Lipinski definition) is 1. The lowest BCUT2D eigenvalue weighted by Gasteiger charge is -2.22. The monoisotopic (exact) mass is 398 g/mol. The van der Waals surface area contributed by atoms with Crippen molar-refractivity contribution in [2.24, 2.45) is 0 Å². The van der Waals surface area contributed by atoms with Gasteiger partial charge in [0.05, 0.1) is 10.6 Å². The van der Waals surface area contributed by atoms with Gasteiger partial charge in [-0.3, -0.25) is 5.32 Å². The highest BCUT2D eigenvalue weighted by Gasteiger charge is 2.31. The third-order valence-electron chi connectivity index (χ3n) is 3.35. The number of nitriles is 1. The van der Waals surface area contributed by atoms with Crippen LogP contribution in [0.4, 0.5) is 23.7 Å². The molecule has 0 fully saturated rings. The van der Waals surface area contributed by atoms with E-state index in [1.54, 1.807) is 24.3 Å². The highest BCUT2D eigenvalue weighted by Crippen LogP contribution is 2.30. The minimum atomic E-state index is -4.48. The Morgan fingerprint density at radius 1 is 1.19 bits per heavy atom. The van der Waals surface area contributed by atoms with Crippen LogP contribution < -0.4 is 10.1 Å². The number of ether oxygens (including phenoxy) is 2. The van der Waals surface area contributed by atoms with Gasteiger partial charge in [-0.1, -0.05) is 23.7 Å². The van der Waals surface area contributed by atoms with Gasteiger partial charge in [0.15, 0.2) is 0 Å². The van der Waals surface area contributed by atoms with E-state index in [1.807, 2.05) is 6.07 Å². The third-order valence-corrected chi connectivity index (χ3v) is 3.67. The molecule has 0 radical (unpaired) electrons. The highest BCUT2D eigenvalue weighted by atomic mass is 35.5. The molecule has 0 spiro atoms. The highest BCUT2D eigenvalue weighted by molar-refractivity contribution is 6.32. The maximum absolute atomic E-state index is 12.5. The predicted molar refractivity (Wildman–Crippen MR) is 92.5 cm³/mol. The Morgan fingerprint density at radius 3 is 2.37 bits per heavy atom. The maximum atomic E-state index is 12.5. The molecule has 1 amide bonds. The normalized spacial score (nSPS) is 13.2. The summed E-state index contributed by atoms with van der Waals surface area (Å²) in [5.74, 6) is 0.312. The molecule has 2 aromatic carbocycles. The number of para-hydroxylation sites is 1. The lowest BCUT2D eigenvalue weighted by atomic mass is 10.1. The number of halogens is 4. The summed E-state index contributed by atoms with van der Waals surface area (Å²) in [4.78, 5) is 12.0.